The standard InChI is InChI=1S/C16H19NO3/c1-20-14-7-4-12-3-6-13-5-2-11(10-18)9-17(13)16(19)15(12)8-14/h4,7-8,10-11,13H,2-3,5-6,9H2,1H3/t11-,13-/m0/s1. The van der Waals surface area contributed by atoms with E-state index in [1.807, 2.05) is 23.1 Å². The number of carbonyl (C=O) groups is 2. The maximum atomic E-state index is 12.8. The topological polar surface area (TPSA) is 46.6 Å². The maximum absolute atomic E-state index is 12.8. The number of benzene rings is 1. The highest BCUT2D eigenvalue weighted by atomic mass is 16.5. The van der Waals surface area contributed by atoms with Gasteiger partial charge in [0, 0.05) is 24.1 Å². The summed E-state index contributed by atoms with van der Waals surface area (Å²) in [6.07, 6.45) is 4.72. The van der Waals surface area contributed by atoms with Crippen molar-refractivity contribution >= 4 is 12.2 Å². The minimum absolute atomic E-state index is 0.0117. The largest absolute Gasteiger partial charge is 0.497 e. The number of ether oxygens (including phenoxy) is 1. The van der Waals surface area contributed by atoms with Crippen molar-refractivity contribution in [1.29, 1.82) is 0 Å². The van der Waals surface area contributed by atoms with Gasteiger partial charge in [-0.1, -0.05) is 6.07 Å². The number of aldehydes is 1. The molecule has 106 valence electrons. The lowest BCUT2D eigenvalue weighted by Gasteiger charge is -2.37. The quantitative estimate of drug-likeness (QED) is 0.775. The van der Waals surface area contributed by atoms with E-state index in [-0.39, 0.29) is 17.9 Å². The minimum Gasteiger partial charge on any atom is -0.497 e. The summed E-state index contributed by atoms with van der Waals surface area (Å²) in [5.41, 5.74) is 1.83. The summed E-state index contributed by atoms with van der Waals surface area (Å²) in [5, 5.41) is 0. The predicted molar refractivity (Wildman–Crippen MR) is 74.9 cm³/mol. The molecule has 0 aromatic heterocycles. The van der Waals surface area contributed by atoms with Crippen molar-refractivity contribution < 1.29 is 14.3 Å². The number of rotatable bonds is 2. The van der Waals surface area contributed by atoms with Crippen LogP contribution in [0.15, 0.2) is 18.2 Å². The zero-order valence-corrected chi connectivity index (χ0v) is 11.7. The van der Waals surface area contributed by atoms with Gasteiger partial charge in [-0.2, -0.15) is 0 Å². The fraction of sp³-hybridized carbons (Fsp3) is 0.500. The number of amides is 1. The Labute approximate surface area is 118 Å². The summed E-state index contributed by atoms with van der Waals surface area (Å²) in [7, 11) is 1.61. The molecule has 20 heavy (non-hydrogen) atoms. The normalized spacial score (nSPS) is 25.4. The van der Waals surface area contributed by atoms with Crippen LogP contribution in [0.2, 0.25) is 0 Å². The Morgan fingerprint density at radius 3 is 2.90 bits per heavy atom. The molecule has 1 amide bonds. The van der Waals surface area contributed by atoms with Gasteiger partial charge in [0.05, 0.1) is 7.11 Å². The highest BCUT2D eigenvalue weighted by Crippen LogP contribution is 2.31. The molecule has 0 bridgehead atoms. The molecule has 0 unspecified atom stereocenters. The Kier molecular flexibility index (Phi) is 3.47. The van der Waals surface area contributed by atoms with Crippen molar-refractivity contribution in [3.05, 3.63) is 29.3 Å². The third-order valence-electron chi connectivity index (χ3n) is 4.49. The van der Waals surface area contributed by atoms with Crippen molar-refractivity contribution in [3.63, 3.8) is 0 Å². The van der Waals surface area contributed by atoms with E-state index in [1.54, 1.807) is 7.11 Å². The van der Waals surface area contributed by atoms with Crippen LogP contribution in [0.3, 0.4) is 0 Å². The van der Waals surface area contributed by atoms with Gasteiger partial charge in [0.2, 0.25) is 0 Å². The molecule has 1 fully saturated rings. The summed E-state index contributed by atoms with van der Waals surface area (Å²) in [4.78, 5) is 25.7. The molecule has 3 rings (SSSR count). The molecule has 2 aliphatic heterocycles. The molecule has 0 saturated carbocycles. The average molecular weight is 273 g/mol. The first-order valence-corrected chi connectivity index (χ1v) is 7.16. The number of hydrogen-bond donors (Lipinski definition) is 0. The van der Waals surface area contributed by atoms with Crippen LogP contribution in [0.5, 0.6) is 5.75 Å². The molecule has 2 atom stereocenters. The molecule has 1 saturated heterocycles. The molecule has 1 aromatic carbocycles. The van der Waals surface area contributed by atoms with Crippen LogP contribution in [-0.4, -0.2) is 36.8 Å². The monoisotopic (exact) mass is 273 g/mol. The van der Waals surface area contributed by atoms with Crippen LogP contribution in [0.4, 0.5) is 0 Å². The zero-order valence-electron chi connectivity index (χ0n) is 11.7. The van der Waals surface area contributed by atoms with Crippen molar-refractivity contribution in [2.24, 2.45) is 5.92 Å². The van der Waals surface area contributed by atoms with Crippen molar-refractivity contribution in [3.8, 4) is 5.75 Å². The number of aryl methyl sites for hydroxylation is 1. The number of piperidine rings is 1. The molecule has 0 aliphatic carbocycles. The summed E-state index contributed by atoms with van der Waals surface area (Å²) >= 11 is 0. The number of methoxy groups -OCH3 is 1. The van der Waals surface area contributed by atoms with Crippen LogP contribution in [0, 0.1) is 5.92 Å². The van der Waals surface area contributed by atoms with Gasteiger partial charge in [0.15, 0.2) is 0 Å². The molecule has 4 heteroatoms. The third-order valence-corrected chi connectivity index (χ3v) is 4.49. The summed E-state index contributed by atoms with van der Waals surface area (Å²) in [6.45, 7) is 0.559. The van der Waals surface area contributed by atoms with E-state index < -0.39 is 0 Å². The van der Waals surface area contributed by atoms with Gasteiger partial charge in [-0.25, -0.2) is 0 Å². The van der Waals surface area contributed by atoms with E-state index in [0.717, 1.165) is 43.1 Å². The predicted octanol–water partition coefficient (Wildman–Crippen LogP) is 2.06. The van der Waals surface area contributed by atoms with Crippen molar-refractivity contribution in [1.82, 2.24) is 4.90 Å². The number of fused-ring (bicyclic) bond motifs is 2. The van der Waals surface area contributed by atoms with Gasteiger partial charge < -0.3 is 14.4 Å². The summed E-state index contributed by atoms with van der Waals surface area (Å²) in [5.74, 6) is 0.745. The van der Waals surface area contributed by atoms with Gasteiger partial charge in [-0.15, -0.1) is 0 Å². The van der Waals surface area contributed by atoms with Gasteiger partial charge in [0.1, 0.15) is 12.0 Å². The molecule has 1 aromatic rings. The molecule has 2 aliphatic rings. The lowest BCUT2D eigenvalue weighted by atomic mass is 9.92. The third kappa shape index (κ3) is 2.19. The number of hydrogen-bond acceptors (Lipinski definition) is 3. The van der Waals surface area contributed by atoms with Crippen LogP contribution >= 0.6 is 0 Å². The number of carbonyl (C=O) groups excluding carboxylic acids is 2. The maximum Gasteiger partial charge on any atom is 0.254 e. The first-order valence-electron chi connectivity index (χ1n) is 7.16. The Bertz CT molecular complexity index is 541. The molecule has 2 heterocycles. The van der Waals surface area contributed by atoms with E-state index in [0.29, 0.717) is 12.3 Å². The van der Waals surface area contributed by atoms with Crippen LogP contribution in [0.1, 0.15) is 35.2 Å². The molecule has 4 nitrogen and oxygen atoms in total. The fourth-order valence-corrected chi connectivity index (χ4v) is 3.29. The first-order chi connectivity index (χ1) is 9.72. The van der Waals surface area contributed by atoms with E-state index in [1.165, 1.54) is 0 Å². The SMILES string of the molecule is COc1ccc2c(c1)C(=O)N1C[C@@H](C=O)CC[C@H]1CC2. The fourth-order valence-electron chi connectivity index (χ4n) is 3.29. The van der Waals surface area contributed by atoms with Crippen LogP contribution in [-0.2, 0) is 11.2 Å². The highest BCUT2D eigenvalue weighted by molar-refractivity contribution is 5.97. The van der Waals surface area contributed by atoms with E-state index >= 15 is 0 Å². The molecular weight excluding hydrogens is 254 g/mol. The summed E-state index contributed by atoms with van der Waals surface area (Å²) < 4.78 is 5.22. The Morgan fingerprint density at radius 1 is 1.30 bits per heavy atom. The second kappa shape index (κ2) is 5.27. The lowest BCUT2D eigenvalue weighted by Crippen LogP contribution is -2.46. The zero-order chi connectivity index (χ0) is 14.1. The minimum atomic E-state index is -0.0117. The van der Waals surface area contributed by atoms with Gasteiger partial charge in [-0.3, -0.25) is 4.79 Å². The molecule has 0 spiro atoms. The van der Waals surface area contributed by atoms with E-state index in [2.05, 4.69) is 0 Å². The highest BCUT2D eigenvalue weighted by Gasteiger charge is 2.34. The van der Waals surface area contributed by atoms with Crippen LogP contribution in [0.25, 0.3) is 0 Å². The lowest BCUT2D eigenvalue weighted by molar-refractivity contribution is -0.112. The smallest absolute Gasteiger partial charge is 0.254 e. The van der Waals surface area contributed by atoms with Gasteiger partial charge in [-0.05, 0) is 43.4 Å². The summed E-state index contributed by atoms with van der Waals surface area (Å²) in [6, 6.07) is 5.99. The second-order valence-corrected chi connectivity index (χ2v) is 5.65. The van der Waals surface area contributed by atoms with Crippen molar-refractivity contribution in [2.45, 2.75) is 31.7 Å². The Balaban J connectivity index is 1.95. The van der Waals surface area contributed by atoms with E-state index in [4.69, 9.17) is 4.74 Å². The molecule has 0 radical (unpaired) electrons. The average Bonchev–Trinajstić information content (AvgIpc) is 2.64. The first kappa shape index (κ1) is 13.2. The second-order valence-electron chi connectivity index (χ2n) is 5.65. The molecule has 0 N–H and O–H groups in total. The van der Waals surface area contributed by atoms with Gasteiger partial charge in [0.25, 0.3) is 5.91 Å². The van der Waals surface area contributed by atoms with Crippen molar-refractivity contribution in [2.75, 3.05) is 13.7 Å². The van der Waals surface area contributed by atoms with Crippen LogP contribution < -0.4 is 4.74 Å². The number of nitrogens with zero attached hydrogens (tertiary/aromatic N) is 1. The van der Waals surface area contributed by atoms with E-state index in [9.17, 15) is 9.59 Å². The Hall–Kier alpha value is -1.84. The van der Waals surface area contributed by atoms with Gasteiger partial charge >= 0.3 is 0 Å². The molecular formula is C16H19NO3. The Morgan fingerprint density at radius 2 is 2.15 bits per heavy atom.